The molecule has 0 aromatic rings. The van der Waals surface area contributed by atoms with Gasteiger partial charge in [0, 0.05) is 39.3 Å². The molecule has 6 nitrogen and oxygen atoms in total. The number of hydrogen-bond donors (Lipinski definition) is 0. The highest BCUT2D eigenvalue weighted by Crippen LogP contribution is 2.21. The van der Waals surface area contributed by atoms with E-state index in [1.54, 1.807) is 0 Å². The van der Waals surface area contributed by atoms with Crippen molar-refractivity contribution in [2.24, 2.45) is 11.8 Å². The van der Waals surface area contributed by atoms with Crippen molar-refractivity contribution in [1.82, 2.24) is 19.6 Å². The summed E-state index contributed by atoms with van der Waals surface area (Å²) in [7, 11) is 0. The predicted molar refractivity (Wildman–Crippen MR) is 133 cm³/mol. The molecular formula is C23H46Cl2N4O2. The summed E-state index contributed by atoms with van der Waals surface area (Å²) in [6, 6.07) is 0. The van der Waals surface area contributed by atoms with Crippen LogP contribution in [0.1, 0.15) is 59.8 Å². The topological polar surface area (TPSA) is 47.1 Å². The second-order valence-electron chi connectivity index (χ2n) is 8.65. The monoisotopic (exact) mass is 480 g/mol. The van der Waals surface area contributed by atoms with Gasteiger partial charge in [-0.25, -0.2) is 0 Å². The van der Waals surface area contributed by atoms with E-state index < -0.39 is 0 Å². The standard InChI is InChI=1S/C23H44N4O2.2ClH/c1-5-26(6-2)22(28)20-12-9-14-24(18-20)16-11-17-25-15-10-13-21(19-25)23(29)27(7-3)8-4;;/h20-21H,5-19H2,1-4H3;2*1H. The van der Waals surface area contributed by atoms with Crippen molar-refractivity contribution in [2.75, 3.05) is 65.4 Å². The molecule has 0 radical (unpaired) electrons. The molecule has 2 amide bonds. The Kier molecular flexibility index (Phi) is 15.8. The third-order valence-electron chi connectivity index (χ3n) is 6.81. The van der Waals surface area contributed by atoms with E-state index in [1.807, 2.05) is 9.80 Å². The van der Waals surface area contributed by atoms with Gasteiger partial charge in [0.25, 0.3) is 0 Å². The zero-order valence-corrected chi connectivity index (χ0v) is 21.8. The summed E-state index contributed by atoms with van der Waals surface area (Å²) in [4.78, 5) is 34.3. The predicted octanol–water partition coefficient (Wildman–Crippen LogP) is 3.38. The van der Waals surface area contributed by atoms with Gasteiger partial charge in [0.2, 0.25) is 11.8 Å². The molecule has 184 valence electrons. The molecule has 2 aliphatic rings. The van der Waals surface area contributed by atoms with Crippen LogP contribution >= 0.6 is 24.8 Å². The fraction of sp³-hybridized carbons (Fsp3) is 0.913. The van der Waals surface area contributed by atoms with E-state index in [-0.39, 0.29) is 36.6 Å². The van der Waals surface area contributed by atoms with Crippen LogP contribution in [0.5, 0.6) is 0 Å². The summed E-state index contributed by atoms with van der Waals surface area (Å²) in [5.41, 5.74) is 0. The van der Waals surface area contributed by atoms with Gasteiger partial charge in [-0.15, -0.1) is 24.8 Å². The van der Waals surface area contributed by atoms with E-state index >= 15 is 0 Å². The van der Waals surface area contributed by atoms with E-state index in [0.717, 1.165) is 97.6 Å². The Bertz CT molecular complexity index is 472. The first-order valence-corrected chi connectivity index (χ1v) is 12.1. The van der Waals surface area contributed by atoms with Gasteiger partial charge in [0.1, 0.15) is 0 Å². The van der Waals surface area contributed by atoms with Crippen molar-refractivity contribution in [1.29, 1.82) is 0 Å². The highest BCUT2D eigenvalue weighted by Gasteiger charge is 2.30. The van der Waals surface area contributed by atoms with Crippen LogP contribution in [-0.4, -0.2) is 96.9 Å². The van der Waals surface area contributed by atoms with Crippen LogP contribution in [0.25, 0.3) is 0 Å². The molecule has 0 spiro atoms. The molecule has 0 bridgehead atoms. The molecule has 0 aromatic heterocycles. The van der Waals surface area contributed by atoms with E-state index in [2.05, 4.69) is 37.5 Å². The van der Waals surface area contributed by atoms with Crippen LogP contribution < -0.4 is 0 Å². The quantitative estimate of drug-likeness (QED) is 0.480. The molecule has 31 heavy (non-hydrogen) atoms. The van der Waals surface area contributed by atoms with Crippen molar-refractivity contribution in [3.05, 3.63) is 0 Å². The Morgan fingerprint density at radius 2 is 1.06 bits per heavy atom. The van der Waals surface area contributed by atoms with Crippen molar-refractivity contribution in [3.8, 4) is 0 Å². The number of amides is 2. The van der Waals surface area contributed by atoms with Crippen molar-refractivity contribution < 1.29 is 9.59 Å². The summed E-state index contributed by atoms with van der Waals surface area (Å²) in [6.07, 6.45) is 5.45. The van der Waals surface area contributed by atoms with Crippen LogP contribution in [0.15, 0.2) is 0 Å². The van der Waals surface area contributed by atoms with E-state index in [1.165, 1.54) is 0 Å². The molecule has 0 aliphatic carbocycles. The van der Waals surface area contributed by atoms with Gasteiger partial charge >= 0.3 is 0 Å². The van der Waals surface area contributed by atoms with Crippen molar-refractivity contribution in [3.63, 3.8) is 0 Å². The molecule has 2 aliphatic heterocycles. The largest absolute Gasteiger partial charge is 0.343 e. The Morgan fingerprint density at radius 1 is 0.710 bits per heavy atom. The van der Waals surface area contributed by atoms with E-state index in [0.29, 0.717) is 11.8 Å². The minimum absolute atomic E-state index is 0. The molecule has 2 saturated heterocycles. The maximum atomic E-state index is 12.7. The van der Waals surface area contributed by atoms with Crippen LogP contribution in [0.3, 0.4) is 0 Å². The number of carbonyl (C=O) groups is 2. The lowest BCUT2D eigenvalue weighted by atomic mass is 9.95. The Morgan fingerprint density at radius 3 is 1.39 bits per heavy atom. The third-order valence-corrected chi connectivity index (χ3v) is 6.81. The molecule has 0 aromatic carbocycles. The van der Waals surface area contributed by atoms with Crippen molar-refractivity contribution in [2.45, 2.75) is 59.8 Å². The summed E-state index contributed by atoms with van der Waals surface area (Å²) in [6.45, 7) is 17.7. The first kappa shape index (κ1) is 30.4. The van der Waals surface area contributed by atoms with E-state index in [9.17, 15) is 9.59 Å². The molecule has 2 fully saturated rings. The van der Waals surface area contributed by atoms with Gasteiger partial charge in [-0.1, -0.05) is 0 Å². The van der Waals surface area contributed by atoms with Gasteiger partial charge in [-0.3, -0.25) is 9.59 Å². The van der Waals surface area contributed by atoms with E-state index in [4.69, 9.17) is 0 Å². The summed E-state index contributed by atoms with van der Waals surface area (Å²) in [5, 5.41) is 0. The second-order valence-corrected chi connectivity index (χ2v) is 8.65. The molecule has 8 heteroatoms. The number of likely N-dealkylation sites (tertiary alicyclic amines) is 2. The lowest BCUT2D eigenvalue weighted by Crippen LogP contribution is -2.46. The second kappa shape index (κ2) is 16.1. The summed E-state index contributed by atoms with van der Waals surface area (Å²) >= 11 is 0. The Balaban J connectivity index is 0.00000450. The Labute approximate surface area is 202 Å². The number of hydrogen-bond acceptors (Lipinski definition) is 4. The first-order valence-electron chi connectivity index (χ1n) is 12.1. The lowest BCUT2D eigenvalue weighted by Gasteiger charge is -2.36. The van der Waals surface area contributed by atoms with Gasteiger partial charge in [0.15, 0.2) is 0 Å². The van der Waals surface area contributed by atoms with Gasteiger partial charge < -0.3 is 19.6 Å². The molecule has 2 heterocycles. The third kappa shape index (κ3) is 9.07. The van der Waals surface area contributed by atoms with Crippen LogP contribution in [0.4, 0.5) is 0 Å². The molecular weight excluding hydrogens is 435 g/mol. The minimum atomic E-state index is 0. The summed E-state index contributed by atoms with van der Waals surface area (Å²) < 4.78 is 0. The fourth-order valence-corrected chi connectivity index (χ4v) is 5.03. The zero-order valence-electron chi connectivity index (χ0n) is 20.2. The Hall–Kier alpha value is -0.560. The average molecular weight is 482 g/mol. The van der Waals surface area contributed by atoms with Crippen LogP contribution in [0, 0.1) is 11.8 Å². The smallest absolute Gasteiger partial charge is 0.226 e. The number of piperidine rings is 2. The molecule has 2 atom stereocenters. The highest BCUT2D eigenvalue weighted by molar-refractivity contribution is 5.85. The number of nitrogens with zero attached hydrogens (tertiary/aromatic N) is 4. The molecule has 0 saturated carbocycles. The molecule has 2 unspecified atom stereocenters. The van der Waals surface area contributed by atoms with Crippen LogP contribution in [-0.2, 0) is 9.59 Å². The number of carbonyl (C=O) groups excluding carboxylic acids is 2. The maximum Gasteiger partial charge on any atom is 0.226 e. The maximum absolute atomic E-state index is 12.7. The normalized spacial score (nSPS) is 22.2. The van der Waals surface area contributed by atoms with Crippen molar-refractivity contribution >= 4 is 36.6 Å². The SMILES string of the molecule is CCN(CC)C(=O)C1CCCN(CCCN2CCCC(C(=O)N(CC)CC)C2)C1.Cl.Cl. The first-order chi connectivity index (χ1) is 14.0. The molecule has 0 N–H and O–H groups in total. The van der Waals surface area contributed by atoms with Gasteiger partial charge in [-0.2, -0.15) is 0 Å². The highest BCUT2D eigenvalue weighted by atomic mass is 35.5. The zero-order chi connectivity index (χ0) is 21.2. The van der Waals surface area contributed by atoms with Gasteiger partial charge in [-0.05, 0) is 86.0 Å². The fourth-order valence-electron chi connectivity index (χ4n) is 5.03. The minimum Gasteiger partial charge on any atom is -0.343 e. The lowest BCUT2D eigenvalue weighted by molar-refractivity contribution is -0.137. The average Bonchev–Trinajstić information content (AvgIpc) is 2.75. The number of rotatable bonds is 10. The van der Waals surface area contributed by atoms with Crippen LogP contribution in [0.2, 0.25) is 0 Å². The number of halogens is 2. The molecule has 2 rings (SSSR count). The van der Waals surface area contributed by atoms with Gasteiger partial charge in [0.05, 0.1) is 11.8 Å². The summed E-state index contributed by atoms with van der Waals surface area (Å²) in [5.74, 6) is 1.03.